The van der Waals surface area contributed by atoms with Crippen LogP contribution in [0.2, 0.25) is 0 Å². The van der Waals surface area contributed by atoms with Crippen LogP contribution in [0.3, 0.4) is 0 Å². The van der Waals surface area contributed by atoms with Crippen molar-refractivity contribution in [2.45, 2.75) is 58.7 Å². The van der Waals surface area contributed by atoms with Crippen LogP contribution in [0, 0.1) is 17.8 Å². The maximum atomic E-state index is 12.9. The van der Waals surface area contributed by atoms with E-state index in [0.29, 0.717) is 29.8 Å². The zero-order valence-corrected chi connectivity index (χ0v) is 13.7. The van der Waals surface area contributed by atoms with E-state index in [1.54, 1.807) is 0 Å². The van der Waals surface area contributed by atoms with Gasteiger partial charge in [0.05, 0.1) is 0 Å². The molecule has 1 aliphatic heterocycles. The zero-order valence-electron chi connectivity index (χ0n) is 13.7. The van der Waals surface area contributed by atoms with Gasteiger partial charge >= 0.3 is 0 Å². The molecule has 1 heterocycles. The highest BCUT2D eigenvalue weighted by molar-refractivity contribution is 5.79. The first-order chi connectivity index (χ1) is 9.31. The van der Waals surface area contributed by atoms with Crippen LogP contribution in [0.1, 0.15) is 40.5 Å². The van der Waals surface area contributed by atoms with E-state index >= 15 is 0 Å². The number of hydrogen-bond donors (Lipinski definition) is 1. The van der Waals surface area contributed by atoms with Gasteiger partial charge in [0, 0.05) is 37.1 Å². The molecule has 1 aliphatic carbocycles. The van der Waals surface area contributed by atoms with Crippen LogP contribution >= 0.6 is 0 Å². The van der Waals surface area contributed by atoms with Crippen molar-refractivity contribution in [1.29, 1.82) is 0 Å². The summed E-state index contributed by atoms with van der Waals surface area (Å²) in [5, 5.41) is 0. The second kappa shape index (κ2) is 6.02. The highest BCUT2D eigenvalue weighted by atomic mass is 16.2. The van der Waals surface area contributed by atoms with Crippen molar-refractivity contribution < 1.29 is 4.79 Å². The molecule has 4 heteroatoms. The van der Waals surface area contributed by atoms with E-state index in [9.17, 15) is 4.79 Å². The smallest absolute Gasteiger partial charge is 0.226 e. The average Bonchev–Trinajstić information content (AvgIpc) is 2.38. The van der Waals surface area contributed by atoms with E-state index in [-0.39, 0.29) is 12.0 Å². The number of likely N-dealkylation sites (N-methyl/N-ethyl adjacent to an activating group) is 1. The van der Waals surface area contributed by atoms with Crippen molar-refractivity contribution in [2.24, 2.45) is 23.5 Å². The monoisotopic (exact) mass is 281 g/mol. The summed E-state index contributed by atoms with van der Waals surface area (Å²) >= 11 is 0. The molecule has 6 atom stereocenters. The molecule has 116 valence electrons. The summed E-state index contributed by atoms with van der Waals surface area (Å²) in [5.41, 5.74) is 6.20. The molecule has 0 aromatic heterocycles. The Morgan fingerprint density at radius 2 is 1.55 bits per heavy atom. The molecule has 2 rings (SSSR count). The molecular formula is C16H31N3O. The largest absolute Gasteiger partial charge is 0.339 e. The van der Waals surface area contributed by atoms with Gasteiger partial charge in [-0.05, 0) is 45.6 Å². The lowest BCUT2D eigenvalue weighted by Crippen LogP contribution is -2.58. The molecule has 1 saturated carbocycles. The summed E-state index contributed by atoms with van der Waals surface area (Å²) in [6.45, 7) is 10.5. The molecule has 6 unspecified atom stereocenters. The Morgan fingerprint density at radius 3 is 2.10 bits per heavy atom. The van der Waals surface area contributed by atoms with Crippen molar-refractivity contribution in [3.8, 4) is 0 Å². The Hall–Kier alpha value is -0.610. The van der Waals surface area contributed by atoms with Gasteiger partial charge < -0.3 is 10.6 Å². The Bertz CT molecular complexity index is 348. The highest BCUT2D eigenvalue weighted by Crippen LogP contribution is 2.34. The van der Waals surface area contributed by atoms with E-state index < -0.39 is 0 Å². The van der Waals surface area contributed by atoms with Gasteiger partial charge in [-0.3, -0.25) is 9.69 Å². The summed E-state index contributed by atoms with van der Waals surface area (Å²) in [4.78, 5) is 17.3. The molecule has 20 heavy (non-hydrogen) atoms. The highest BCUT2D eigenvalue weighted by Gasteiger charge is 2.39. The topological polar surface area (TPSA) is 49.6 Å². The first-order valence-corrected chi connectivity index (χ1v) is 8.07. The van der Waals surface area contributed by atoms with Crippen molar-refractivity contribution in [3.63, 3.8) is 0 Å². The van der Waals surface area contributed by atoms with Crippen molar-refractivity contribution in [1.82, 2.24) is 9.80 Å². The minimum absolute atomic E-state index is 0.129. The number of nitrogens with two attached hydrogens (primary N) is 1. The molecule has 0 aromatic carbocycles. The SMILES string of the molecule is CC1CC(C)C(C(=O)N2CC(C)N(C)C(C)C2)CC1N. The number of amides is 1. The van der Waals surface area contributed by atoms with Crippen LogP contribution in [0.5, 0.6) is 0 Å². The van der Waals surface area contributed by atoms with Crippen molar-refractivity contribution in [3.05, 3.63) is 0 Å². The number of nitrogens with zero attached hydrogens (tertiary/aromatic N) is 2. The van der Waals surface area contributed by atoms with Crippen LogP contribution in [0.4, 0.5) is 0 Å². The first-order valence-electron chi connectivity index (χ1n) is 8.07. The van der Waals surface area contributed by atoms with E-state index in [1.165, 1.54) is 0 Å². The first kappa shape index (κ1) is 15.8. The Kier molecular flexibility index (Phi) is 4.75. The molecular weight excluding hydrogens is 250 g/mol. The fraction of sp³-hybridized carbons (Fsp3) is 0.938. The number of carbonyl (C=O) groups is 1. The fourth-order valence-corrected chi connectivity index (χ4v) is 3.85. The van der Waals surface area contributed by atoms with Gasteiger partial charge in [-0.25, -0.2) is 0 Å². The molecule has 1 saturated heterocycles. The quantitative estimate of drug-likeness (QED) is 0.793. The summed E-state index contributed by atoms with van der Waals surface area (Å²) in [6, 6.07) is 1.06. The molecule has 0 aromatic rings. The molecule has 2 aliphatic rings. The Morgan fingerprint density at radius 1 is 1.00 bits per heavy atom. The van der Waals surface area contributed by atoms with E-state index in [1.807, 2.05) is 0 Å². The Labute approximate surface area is 123 Å². The number of rotatable bonds is 1. The summed E-state index contributed by atoms with van der Waals surface area (Å²) in [6.07, 6.45) is 1.94. The lowest BCUT2D eigenvalue weighted by atomic mass is 9.72. The van der Waals surface area contributed by atoms with Gasteiger partial charge in [-0.1, -0.05) is 13.8 Å². The standard InChI is InChI=1S/C16H31N3O/c1-10-6-11(2)15(17)7-14(10)16(20)19-8-12(3)18(5)13(4)9-19/h10-15H,6-9,17H2,1-5H3. The average molecular weight is 281 g/mol. The van der Waals surface area contributed by atoms with Crippen molar-refractivity contribution >= 4 is 5.91 Å². The summed E-state index contributed by atoms with van der Waals surface area (Å²) < 4.78 is 0. The van der Waals surface area contributed by atoms with Crippen molar-refractivity contribution in [2.75, 3.05) is 20.1 Å². The number of hydrogen-bond acceptors (Lipinski definition) is 3. The maximum Gasteiger partial charge on any atom is 0.226 e. The van der Waals surface area contributed by atoms with E-state index in [0.717, 1.165) is 25.9 Å². The minimum atomic E-state index is 0.129. The van der Waals surface area contributed by atoms with Gasteiger partial charge in [-0.2, -0.15) is 0 Å². The van der Waals surface area contributed by atoms with Gasteiger partial charge in [0.15, 0.2) is 0 Å². The zero-order chi connectivity index (χ0) is 15.0. The van der Waals surface area contributed by atoms with Gasteiger partial charge in [0.2, 0.25) is 5.91 Å². The molecule has 0 spiro atoms. The molecule has 4 nitrogen and oxygen atoms in total. The van der Waals surface area contributed by atoms with Crippen LogP contribution in [0.25, 0.3) is 0 Å². The van der Waals surface area contributed by atoms with Crippen LogP contribution in [0.15, 0.2) is 0 Å². The predicted molar refractivity (Wildman–Crippen MR) is 82.3 cm³/mol. The molecule has 1 amide bonds. The van der Waals surface area contributed by atoms with Gasteiger partial charge in [0.1, 0.15) is 0 Å². The van der Waals surface area contributed by atoms with Gasteiger partial charge in [0.25, 0.3) is 0 Å². The maximum absolute atomic E-state index is 12.9. The van der Waals surface area contributed by atoms with Crippen LogP contribution in [-0.2, 0) is 4.79 Å². The van der Waals surface area contributed by atoms with Crippen LogP contribution < -0.4 is 5.73 Å². The predicted octanol–water partition coefficient (Wildman–Crippen LogP) is 1.55. The third kappa shape index (κ3) is 3.01. The molecule has 2 fully saturated rings. The second-order valence-corrected chi connectivity index (χ2v) is 7.30. The second-order valence-electron chi connectivity index (χ2n) is 7.30. The molecule has 0 bridgehead atoms. The van der Waals surface area contributed by atoms with Crippen LogP contribution in [-0.4, -0.2) is 54.0 Å². The number of carbonyl (C=O) groups excluding carboxylic acids is 1. The minimum Gasteiger partial charge on any atom is -0.339 e. The molecule has 0 radical (unpaired) electrons. The number of piperazine rings is 1. The van der Waals surface area contributed by atoms with Gasteiger partial charge in [-0.15, -0.1) is 0 Å². The fourth-order valence-electron chi connectivity index (χ4n) is 3.85. The van der Waals surface area contributed by atoms with E-state index in [2.05, 4.69) is 44.5 Å². The summed E-state index contributed by atoms with van der Waals surface area (Å²) in [7, 11) is 2.15. The lowest BCUT2D eigenvalue weighted by Gasteiger charge is -2.45. The lowest BCUT2D eigenvalue weighted by molar-refractivity contribution is -0.143. The summed E-state index contributed by atoms with van der Waals surface area (Å²) in [5.74, 6) is 1.47. The Balaban J connectivity index is 2.04. The third-order valence-corrected chi connectivity index (χ3v) is 5.68. The normalized spacial score (nSPS) is 43.6. The molecule has 2 N–H and O–H groups in total. The third-order valence-electron chi connectivity index (χ3n) is 5.68. The van der Waals surface area contributed by atoms with E-state index in [4.69, 9.17) is 5.73 Å².